The first-order valence-electron chi connectivity index (χ1n) is 4.19. The summed E-state index contributed by atoms with van der Waals surface area (Å²) in [4.78, 5) is 0. The van der Waals surface area contributed by atoms with Crippen molar-refractivity contribution in [3.63, 3.8) is 0 Å². The van der Waals surface area contributed by atoms with Crippen molar-refractivity contribution in [3.05, 3.63) is 58.0 Å². The maximum absolute atomic E-state index is 5.90. The van der Waals surface area contributed by atoms with E-state index in [0.717, 1.165) is 20.6 Å². The molecule has 14 heavy (non-hydrogen) atoms. The van der Waals surface area contributed by atoms with E-state index in [1.165, 1.54) is 0 Å². The van der Waals surface area contributed by atoms with Crippen LogP contribution in [0, 0.1) is 6.07 Å². The fourth-order valence-electron chi connectivity index (χ4n) is 1.23. The van der Waals surface area contributed by atoms with Crippen LogP contribution in [0.15, 0.2) is 46.9 Å². The van der Waals surface area contributed by atoms with Crippen LogP contribution in [0.2, 0.25) is 5.02 Å². The van der Waals surface area contributed by atoms with Crippen LogP contribution in [0.3, 0.4) is 0 Å². The van der Waals surface area contributed by atoms with Gasteiger partial charge in [-0.15, -0.1) is 0 Å². The first-order valence-corrected chi connectivity index (χ1v) is 5.36. The van der Waals surface area contributed by atoms with Gasteiger partial charge in [0.25, 0.3) is 0 Å². The van der Waals surface area contributed by atoms with Crippen molar-refractivity contribution in [2.75, 3.05) is 0 Å². The van der Waals surface area contributed by atoms with Crippen LogP contribution in [0.4, 0.5) is 0 Å². The van der Waals surface area contributed by atoms with Crippen molar-refractivity contribution in [3.8, 4) is 11.1 Å². The number of hydrogen-bond acceptors (Lipinski definition) is 0. The zero-order chi connectivity index (χ0) is 9.97. The second-order valence-corrected chi connectivity index (χ2v) is 4.28. The SMILES string of the molecule is Clc1cc[c]c(-c2ccc(Br)cc2)c1. The summed E-state index contributed by atoms with van der Waals surface area (Å²) < 4.78 is 1.07. The highest BCUT2D eigenvalue weighted by Crippen LogP contribution is 2.23. The van der Waals surface area contributed by atoms with Gasteiger partial charge in [0, 0.05) is 9.50 Å². The number of benzene rings is 2. The summed E-state index contributed by atoms with van der Waals surface area (Å²) in [5.74, 6) is 0. The summed E-state index contributed by atoms with van der Waals surface area (Å²) in [7, 11) is 0. The molecule has 0 nitrogen and oxygen atoms in total. The van der Waals surface area contributed by atoms with Crippen LogP contribution < -0.4 is 0 Å². The Balaban J connectivity index is 2.44. The highest BCUT2D eigenvalue weighted by molar-refractivity contribution is 9.10. The van der Waals surface area contributed by atoms with Gasteiger partial charge in [-0.2, -0.15) is 0 Å². The maximum Gasteiger partial charge on any atom is 0.0412 e. The van der Waals surface area contributed by atoms with Gasteiger partial charge in [-0.05, 0) is 41.5 Å². The first-order chi connectivity index (χ1) is 6.75. The van der Waals surface area contributed by atoms with Crippen LogP contribution >= 0.6 is 27.5 Å². The average molecular weight is 267 g/mol. The molecule has 0 aliphatic carbocycles. The Morgan fingerprint density at radius 2 is 1.79 bits per heavy atom. The van der Waals surface area contributed by atoms with Gasteiger partial charge in [0.15, 0.2) is 0 Å². The summed E-state index contributed by atoms with van der Waals surface area (Å²) in [6.07, 6.45) is 0. The smallest absolute Gasteiger partial charge is 0.0412 e. The zero-order valence-corrected chi connectivity index (χ0v) is 9.64. The molecule has 2 aromatic carbocycles. The average Bonchev–Trinajstić information content (AvgIpc) is 2.19. The minimum Gasteiger partial charge on any atom is -0.0843 e. The van der Waals surface area contributed by atoms with E-state index >= 15 is 0 Å². The van der Waals surface area contributed by atoms with E-state index in [9.17, 15) is 0 Å². The van der Waals surface area contributed by atoms with E-state index in [1.54, 1.807) is 0 Å². The quantitative estimate of drug-likeness (QED) is 0.709. The van der Waals surface area contributed by atoms with Crippen LogP contribution in [0.5, 0.6) is 0 Å². The predicted octanol–water partition coefficient (Wildman–Crippen LogP) is 4.57. The third-order valence-electron chi connectivity index (χ3n) is 1.92. The van der Waals surface area contributed by atoms with Crippen LogP contribution in [-0.2, 0) is 0 Å². The lowest BCUT2D eigenvalue weighted by molar-refractivity contribution is 1.59. The summed E-state index contributed by atoms with van der Waals surface area (Å²) >= 11 is 9.29. The molecule has 2 rings (SSSR count). The van der Waals surface area contributed by atoms with Gasteiger partial charge in [0.2, 0.25) is 0 Å². The number of hydrogen-bond donors (Lipinski definition) is 0. The third kappa shape index (κ3) is 2.17. The Kier molecular flexibility index (Phi) is 2.90. The Hall–Kier alpha value is -0.790. The minimum atomic E-state index is 0.738. The molecule has 0 aromatic heterocycles. The summed E-state index contributed by atoms with van der Waals surface area (Å²) in [6.45, 7) is 0. The van der Waals surface area contributed by atoms with Crippen molar-refractivity contribution < 1.29 is 0 Å². The zero-order valence-electron chi connectivity index (χ0n) is 7.30. The van der Waals surface area contributed by atoms with E-state index in [-0.39, 0.29) is 0 Å². The standard InChI is InChI=1S/C12H7BrCl/c13-11-6-4-9(5-7-11)10-2-1-3-12(14)8-10/h1,3-8H. The van der Waals surface area contributed by atoms with Crippen molar-refractivity contribution in [2.45, 2.75) is 0 Å². The van der Waals surface area contributed by atoms with Gasteiger partial charge < -0.3 is 0 Å². The van der Waals surface area contributed by atoms with Gasteiger partial charge in [-0.1, -0.05) is 45.7 Å². The van der Waals surface area contributed by atoms with Gasteiger partial charge in [-0.25, -0.2) is 0 Å². The molecule has 0 atom stereocenters. The predicted molar refractivity (Wildman–Crippen MR) is 63.4 cm³/mol. The monoisotopic (exact) mass is 265 g/mol. The highest BCUT2D eigenvalue weighted by Gasteiger charge is 1.97. The molecule has 0 saturated carbocycles. The van der Waals surface area contributed by atoms with Crippen LogP contribution in [0.25, 0.3) is 11.1 Å². The Bertz CT molecular complexity index is 434. The fraction of sp³-hybridized carbons (Fsp3) is 0. The molecule has 69 valence electrons. The minimum absolute atomic E-state index is 0.738. The molecule has 1 radical (unpaired) electrons. The lowest BCUT2D eigenvalue weighted by Crippen LogP contribution is -1.77. The Morgan fingerprint density at radius 1 is 1.07 bits per heavy atom. The maximum atomic E-state index is 5.90. The second kappa shape index (κ2) is 4.16. The molecule has 2 heteroatoms. The van der Waals surface area contributed by atoms with Gasteiger partial charge in [0.05, 0.1) is 0 Å². The van der Waals surface area contributed by atoms with E-state index < -0.39 is 0 Å². The first kappa shape index (κ1) is 9.75. The van der Waals surface area contributed by atoms with E-state index in [4.69, 9.17) is 11.6 Å². The molecule has 0 unspecified atom stereocenters. The summed E-state index contributed by atoms with van der Waals surface area (Å²) in [6, 6.07) is 16.8. The molecular weight excluding hydrogens is 259 g/mol. The van der Waals surface area contributed by atoms with Crippen LogP contribution in [0.1, 0.15) is 0 Å². The largest absolute Gasteiger partial charge is 0.0843 e. The fourth-order valence-corrected chi connectivity index (χ4v) is 1.67. The topological polar surface area (TPSA) is 0 Å². The Labute approximate surface area is 96.7 Å². The van der Waals surface area contributed by atoms with Gasteiger partial charge in [-0.3, -0.25) is 0 Å². The Morgan fingerprint density at radius 3 is 2.43 bits per heavy atom. The molecule has 0 aliphatic heterocycles. The summed E-state index contributed by atoms with van der Waals surface area (Å²) in [5.41, 5.74) is 2.14. The normalized spacial score (nSPS) is 10.1. The molecule has 0 amide bonds. The highest BCUT2D eigenvalue weighted by atomic mass is 79.9. The van der Waals surface area contributed by atoms with Crippen LogP contribution in [-0.4, -0.2) is 0 Å². The number of halogens is 2. The molecule has 0 aliphatic rings. The van der Waals surface area contributed by atoms with Gasteiger partial charge in [0.1, 0.15) is 0 Å². The molecular formula is C12H7BrCl. The van der Waals surface area contributed by atoms with E-state index in [2.05, 4.69) is 22.0 Å². The molecule has 0 fully saturated rings. The molecule has 0 heterocycles. The molecule has 0 N–H and O–H groups in total. The lowest BCUT2D eigenvalue weighted by Gasteiger charge is -2.01. The van der Waals surface area contributed by atoms with Crippen molar-refractivity contribution in [2.24, 2.45) is 0 Å². The molecule has 0 saturated heterocycles. The van der Waals surface area contributed by atoms with Crippen molar-refractivity contribution >= 4 is 27.5 Å². The molecule has 0 spiro atoms. The van der Waals surface area contributed by atoms with Crippen molar-refractivity contribution in [1.82, 2.24) is 0 Å². The molecule has 0 bridgehead atoms. The summed E-state index contributed by atoms with van der Waals surface area (Å²) in [5, 5.41) is 0.738. The molecule has 2 aromatic rings. The second-order valence-electron chi connectivity index (χ2n) is 2.93. The number of rotatable bonds is 1. The van der Waals surface area contributed by atoms with Crippen molar-refractivity contribution in [1.29, 1.82) is 0 Å². The third-order valence-corrected chi connectivity index (χ3v) is 2.68. The lowest BCUT2D eigenvalue weighted by atomic mass is 10.1. The van der Waals surface area contributed by atoms with E-state index in [0.29, 0.717) is 0 Å². The van der Waals surface area contributed by atoms with E-state index in [1.807, 2.05) is 42.5 Å². The van der Waals surface area contributed by atoms with Gasteiger partial charge >= 0.3 is 0 Å².